The van der Waals surface area contributed by atoms with E-state index in [1.54, 1.807) is 69.3 Å². The summed E-state index contributed by atoms with van der Waals surface area (Å²) in [4.78, 5) is 88.9. The summed E-state index contributed by atoms with van der Waals surface area (Å²) >= 11 is 7.73. The molecule has 0 radical (unpaired) electrons. The van der Waals surface area contributed by atoms with Crippen molar-refractivity contribution in [3.63, 3.8) is 0 Å². The summed E-state index contributed by atoms with van der Waals surface area (Å²) in [6.45, 7) is 6.71. The topological polar surface area (TPSA) is 263 Å². The number of hydrogen-bond acceptors (Lipinski definition) is 16. The number of halogens is 1. The van der Waals surface area contributed by atoms with Crippen LogP contribution in [0.25, 0.3) is 10.4 Å². The highest BCUT2D eigenvalue weighted by Crippen LogP contribution is 2.46. The Morgan fingerprint density at radius 2 is 1.53 bits per heavy atom. The van der Waals surface area contributed by atoms with E-state index in [1.165, 1.54) is 4.31 Å². The summed E-state index contributed by atoms with van der Waals surface area (Å²) in [5.41, 5.74) is 2.77. The zero-order valence-electron chi connectivity index (χ0n) is 41.8. The molecule has 3 aromatic carbocycles. The van der Waals surface area contributed by atoms with Gasteiger partial charge in [0.25, 0.3) is 11.8 Å². The van der Waals surface area contributed by atoms with Gasteiger partial charge < -0.3 is 39.4 Å². The number of anilines is 2. The second-order valence-electron chi connectivity index (χ2n) is 19.0. The molecule has 23 heteroatoms. The number of imide groups is 2. The number of carbonyl (C=O) groups excluding carboxylic acids is 6. The maximum absolute atomic E-state index is 13.6. The second-order valence-corrected chi connectivity index (χ2v) is 22.3. The molecule has 1 aromatic heterocycles. The van der Waals surface area contributed by atoms with Crippen LogP contribution in [-0.4, -0.2) is 141 Å². The molecule has 4 N–H and O–H groups in total. The minimum atomic E-state index is -3.70. The van der Waals surface area contributed by atoms with E-state index >= 15 is 0 Å². The number of aliphatic carboxylic acids is 1. The lowest BCUT2D eigenvalue weighted by molar-refractivity contribution is -0.139. The molecule has 5 amide bonds. The highest BCUT2D eigenvalue weighted by atomic mass is 35.5. The largest absolute Gasteiger partial charge is 0.479 e. The van der Waals surface area contributed by atoms with Gasteiger partial charge in [-0.25, -0.2) is 22.3 Å². The van der Waals surface area contributed by atoms with E-state index in [1.807, 2.05) is 18.2 Å². The Hall–Kier alpha value is -6.27. The molecule has 1 atom stereocenters. The first-order valence-electron chi connectivity index (χ1n) is 24.5. The van der Waals surface area contributed by atoms with E-state index in [0.717, 1.165) is 21.9 Å². The van der Waals surface area contributed by atoms with Crippen LogP contribution in [0, 0.1) is 0 Å². The number of rotatable bonds is 25. The summed E-state index contributed by atoms with van der Waals surface area (Å²) in [5, 5.41) is 17.8. The average molecular weight is 1090 g/mol. The molecule has 3 aliphatic rings. The minimum absolute atomic E-state index is 0.0455. The van der Waals surface area contributed by atoms with Gasteiger partial charge in [0.15, 0.2) is 17.2 Å². The van der Waals surface area contributed by atoms with Gasteiger partial charge in [-0.05, 0) is 99.9 Å². The van der Waals surface area contributed by atoms with Crippen molar-refractivity contribution in [1.29, 1.82) is 0 Å². The monoisotopic (exact) mass is 1090 g/mol. The lowest BCUT2D eigenvalue weighted by Crippen LogP contribution is -2.54. The van der Waals surface area contributed by atoms with Crippen LogP contribution in [0.2, 0.25) is 5.02 Å². The van der Waals surface area contributed by atoms with E-state index in [4.69, 9.17) is 35.3 Å². The van der Waals surface area contributed by atoms with Crippen molar-refractivity contribution in [3.8, 4) is 16.2 Å². The number of carbonyl (C=O) groups is 7. The molecule has 4 aromatic rings. The lowest BCUT2D eigenvalue weighted by atomic mass is 9.99. The number of carboxylic acids is 1. The maximum Gasteiger partial charge on any atom is 0.352 e. The number of carboxylic acid groups (broad SMARTS) is 1. The van der Waals surface area contributed by atoms with Gasteiger partial charge in [0.2, 0.25) is 27.7 Å². The molecule has 402 valence electrons. The van der Waals surface area contributed by atoms with Gasteiger partial charge in [-0.2, -0.15) is 0 Å². The standard InChI is InChI=1S/C52H60ClN5O15S2/c1-52(2,3)73-51(66)47-45(72-30-42(61)62)44(53)46(74-47)34-10-5-13-37(29-34)54-35-17-20-57(21-18-35)75(67,68)31-32-8-4-12-36(28-32)55-41(60)19-23-70-25-27-71-26-24-69-22-7-11-33-9-6-14-38-43(33)50(65)58(49(38)64)39-15-16-40(59)56-48(39)63/h4-6,8-10,12-14,28-29,35,39,54H,7,11,15-27,30-31H2,1-3H3,(H,55,60)(H,61,62)(H,56,59,63). The molecular formula is C52H60ClN5O15S2. The summed E-state index contributed by atoms with van der Waals surface area (Å²) in [6.07, 6.45) is 2.32. The first-order chi connectivity index (χ1) is 35.8. The minimum Gasteiger partial charge on any atom is -0.479 e. The smallest absolute Gasteiger partial charge is 0.352 e. The number of amides is 5. The number of nitrogens with zero attached hydrogens (tertiary/aromatic N) is 2. The summed E-state index contributed by atoms with van der Waals surface area (Å²) in [5.74, 6) is -4.70. The van der Waals surface area contributed by atoms with Crippen LogP contribution in [0.1, 0.15) is 101 Å². The first kappa shape index (κ1) is 56.5. The van der Waals surface area contributed by atoms with Crippen LogP contribution >= 0.6 is 22.9 Å². The number of benzene rings is 3. The third-order valence-corrected chi connectivity index (χ3v) is 15.7. The van der Waals surface area contributed by atoms with Crippen molar-refractivity contribution in [2.24, 2.45) is 0 Å². The van der Waals surface area contributed by atoms with E-state index in [9.17, 15) is 47.1 Å². The number of piperidine rings is 2. The molecule has 2 fully saturated rings. The normalized spacial score (nSPS) is 16.4. The van der Waals surface area contributed by atoms with E-state index in [-0.39, 0.29) is 83.6 Å². The third kappa shape index (κ3) is 15.2. The summed E-state index contributed by atoms with van der Waals surface area (Å²) in [7, 11) is -3.70. The maximum atomic E-state index is 13.6. The number of ether oxygens (including phenoxy) is 5. The molecule has 75 heavy (non-hydrogen) atoms. The number of fused-ring (bicyclic) bond motifs is 1. The van der Waals surface area contributed by atoms with Crippen molar-refractivity contribution in [3.05, 3.63) is 98.9 Å². The van der Waals surface area contributed by atoms with Crippen LogP contribution in [0.15, 0.2) is 66.7 Å². The SMILES string of the molecule is CC(C)(C)OC(=O)c1sc(-c2cccc(NC3CCN(S(=O)(=O)Cc4cccc(NC(=O)CCOCCOCCOCCCc5cccc6c5C(=O)N(C5CCC(=O)NC5=O)C6=O)c4)CC3)c2)c(Cl)c1OCC(=O)O. The number of esters is 1. The fourth-order valence-corrected chi connectivity index (χ4v) is 11.7. The molecule has 0 aliphatic carbocycles. The molecule has 20 nitrogen and oxygen atoms in total. The number of hydrogen-bond donors (Lipinski definition) is 4. The molecule has 0 saturated carbocycles. The highest BCUT2D eigenvalue weighted by Gasteiger charge is 2.45. The Morgan fingerprint density at radius 1 is 0.853 bits per heavy atom. The van der Waals surface area contributed by atoms with Crippen LogP contribution in [-0.2, 0) is 60.3 Å². The Balaban J connectivity index is 0.766. The van der Waals surface area contributed by atoms with Gasteiger partial charge in [-0.3, -0.25) is 34.2 Å². The summed E-state index contributed by atoms with van der Waals surface area (Å²) in [6, 6.07) is 18.0. The molecule has 4 heterocycles. The van der Waals surface area contributed by atoms with Gasteiger partial charge in [-0.1, -0.05) is 48.0 Å². The number of aryl methyl sites for hydroxylation is 1. The second kappa shape index (κ2) is 25.5. The van der Waals surface area contributed by atoms with E-state index < -0.39 is 63.8 Å². The van der Waals surface area contributed by atoms with Gasteiger partial charge in [0.1, 0.15) is 16.7 Å². The van der Waals surface area contributed by atoms with Crippen LogP contribution in [0.4, 0.5) is 11.4 Å². The molecule has 0 bridgehead atoms. The van der Waals surface area contributed by atoms with Gasteiger partial charge in [-0.15, -0.1) is 11.3 Å². The van der Waals surface area contributed by atoms with Gasteiger partial charge >= 0.3 is 11.9 Å². The fourth-order valence-electron chi connectivity index (χ4n) is 8.70. The molecule has 7 rings (SSSR count). The van der Waals surface area contributed by atoms with Crippen molar-refractivity contribution in [2.75, 3.05) is 70.0 Å². The first-order valence-corrected chi connectivity index (χ1v) is 27.3. The third-order valence-electron chi connectivity index (χ3n) is 12.1. The van der Waals surface area contributed by atoms with E-state index in [2.05, 4.69) is 16.0 Å². The lowest BCUT2D eigenvalue weighted by Gasteiger charge is -2.32. The van der Waals surface area contributed by atoms with Crippen molar-refractivity contribution < 1.29 is 70.8 Å². The Bertz CT molecular complexity index is 2900. The van der Waals surface area contributed by atoms with Crippen molar-refractivity contribution in [1.82, 2.24) is 14.5 Å². The average Bonchev–Trinajstić information content (AvgIpc) is 3.82. The predicted molar refractivity (Wildman–Crippen MR) is 277 cm³/mol. The van der Waals surface area contributed by atoms with Crippen LogP contribution < -0.4 is 20.7 Å². The zero-order chi connectivity index (χ0) is 53.9. The van der Waals surface area contributed by atoms with Crippen LogP contribution in [0.5, 0.6) is 5.75 Å². The molecular weight excluding hydrogens is 1030 g/mol. The van der Waals surface area contributed by atoms with Crippen molar-refractivity contribution >= 4 is 85.8 Å². The molecule has 3 aliphatic heterocycles. The van der Waals surface area contributed by atoms with Crippen molar-refractivity contribution in [2.45, 2.75) is 89.2 Å². The summed E-state index contributed by atoms with van der Waals surface area (Å²) < 4.78 is 56.4. The Kier molecular flexibility index (Phi) is 19.2. The zero-order valence-corrected chi connectivity index (χ0v) is 44.2. The Labute approximate surface area is 443 Å². The molecule has 0 spiro atoms. The van der Waals surface area contributed by atoms with Crippen LogP contribution in [0.3, 0.4) is 0 Å². The number of sulfonamides is 1. The van der Waals surface area contributed by atoms with Gasteiger partial charge in [0.05, 0.1) is 61.2 Å². The fraction of sp³-hybridized carbons (Fsp3) is 0.442. The quantitative estimate of drug-likeness (QED) is 0.0322. The highest BCUT2D eigenvalue weighted by molar-refractivity contribution is 7.88. The molecule has 2 saturated heterocycles. The van der Waals surface area contributed by atoms with E-state index in [0.29, 0.717) is 85.8 Å². The predicted octanol–water partition coefficient (Wildman–Crippen LogP) is 6.31. The Morgan fingerprint density at radius 3 is 2.24 bits per heavy atom. The number of nitrogens with one attached hydrogen (secondary N) is 3. The molecule has 1 unspecified atom stereocenters. The van der Waals surface area contributed by atoms with Gasteiger partial charge in [0, 0.05) is 43.5 Å². The number of thiophene rings is 1.